The zero-order valence-electron chi connectivity index (χ0n) is 12.7. The van der Waals surface area contributed by atoms with E-state index in [9.17, 15) is 14.7 Å². The van der Waals surface area contributed by atoms with Gasteiger partial charge in [-0.3, -0.25) is 0 Å². The maximum absolute atomic E-state index is 12.0. The normalized spacial score (nSPS) is 11.5. The zero-order chi connectivity index (χ0) is 16.7. The quantitative estimate of drug-likeness (QED) is 0.711. The van der Waals surface area contributed by atoms with Gasteiger partial charge in [-0.05, 0) is 36.1 Å². The molecular formula is C17H18N2O3S. The SMILES string of the molecule is CSc1ccc(NC(=O)N[C@H](Cc2ccccc2)C(=O)O)cc1. The number of amides is 2. The van der Waals surface area contributed by atoms with Crippen LogP contribution in [0.25, 0.3) is 0 Å². The minimum Gasteiger partial charge on any atom is -0.480 e. The van der Waals surface area contributed by atoms with Crippen LogP contribution in [0.1, 0.15) is 5.56 Å². The number of rotatable bonds is 6. The zero-order valence-corrected chi connectivity index (χ0v) is 13.5. The van der Waals surface area contributed by atoms with Crippen molar-refractivity contribution in [3.8, 4) is 0 Å². The molecule has 0 aliphatic rings. The molecule has 23 heavy (non-hydrogen) atoms. The summed E-state index contributed by atoms with van der Waals surface area (Å²) in [5.74, 6) is -1.07. The van der Waals surface area contributed by atoms with Gasteiger partial charge in [-0.25, -0.2) is 9.59 Å². The number of benzene rings is 2. The van der Waals surface area contributed by atoms with E-state index in [1.807, 2.05) is 48.7 Å². The average Bonchev–Trinajstić information content (AvgIpc) is 2.56. The highest BCUT2D eigenvalue weighted by Crippen LogP contribution is 2.17. The second kappa shape index (κ2) is 8.24. The summed E-state index contributed by atoms with van der Waals surface area (Å²) in [6, 6.07) is 15.0. The smallest absolute Gasteiger partial charge is 0.326 e. The summed E-state index contributed by atoms with van der Waals surface area (Å²) in [5.41, 5.74) is 1.47. The Bertz CT molecular complexity index is 659. The molecule has 0 radical (unpaired) electrons. The Labute approximate surface area is 139 Å². The molecule has 0 fully saturated rings. The molecular weight excluding hydrogens is 312 g/mol. The van der Waals surface area contributed by atoms with Crippen molar-refractivity contribution in [3.63, 3.8) is 0 Å². The maximum atomic E-state index is 12.0. The molecule has 0 bridgehead atoms. The van der Waals surface area contributed by atoms with E-state index in [1.54, 1.807) is 23.9 Å². The molecule has 0 spiro atoms. The molecule has 120 valence electrons. The molecule has 0 aromatic heterocycles. The van der Waals surface area contributed by atoms with Crippen molar-refractivity contribution >= 4 is 29.4 Å². The number of aliphatic carboxylic acids is 1. The number of hydrogen-bond donors (Lipinski definition) is 3. The van der Waals surface area contributed by atoms with Crippen molar-refractivity contribution in [1.82, 2.24) is 5.32 Å². The van der Waals surface area contributed by atoms with Crippen molar-refractivity contribution in [3.05, 3.63) is 60.2 Å². The minimum absolute atomic E-state index is 0.231. The Hall–Kier alpha value is -2.47. The van der Waals surface area contributed by atoms with E-state index in [-0.39, 0.29) is 6.42 Å². The first kappa shape index (κ1) is 16.9. The minimum atomic E-state index is -1.07. The van der Waals surface area contributed by atoms with Crippen LogP contribution in [0.5, 0.6) is 0 Å². The van der Waals surface area contributed by atoms with Crippen molar-refractivity contribution in [2.24, 2.45) is 0 Å². The van der Waals surface area contributed by atoms with Gasteiger partial charge < -0.3 is 15.7 Å². The summed E-state index contributed by atoms with van der Waals surface area (Å²) in [6.07, 6.45) is 2.20. The van der Waals surface area contributed by atoms with Crippen molar-refractivity contribution in [2.45, 2.75) is 17.4 Å². The monoisotopic (exact) mass is 330 g/mol. The van der Waals surface area contributed by atoms with Crippen LogP contribution < -0.4 is 10.6 Å². The summed E-state index contributed by atoms with van der Waals surface area (Å²) in [5, 5.41) is 14.4. The maximum Gasteiger partial charge on any atom is 0.326 e. The van der Waals surface area contributed by atoms with E-state index in [4.69, 9.17) is 0 Å². The molecule has 2 rings (SSSR count). The van der Waals surface area contributed by atoms with E-state index < -0.39 is 18.0 Å². The van der Waals surface area contributed by atoms with Gasteiger partial charge in [-0.15, -0.1) is 11.8 Å². The Morgan fingerprint density at radius 2 is 1.74 bits per heavy atom. The molecule has 0 unspecified atom stereocenters. The number of thioether (sulfide) groups is 1. The average molecular weight is 330 g/mol. The van der Waals surface area contributed by atoms with Gasteiger partial charge in [0.05, 0.1) is 0 Å². The Kier molecular flexibility index (Phi) is 6.05. The van der Waals surface area contributed by atoms with E-state index in [0.717, 1.165) is 10.5 Å². The van der Waals surface area contributed by atoms with Gasteiger partial charge in [-0.1, -0.05) is 30.3 Å². The lowest BCUT2D eigenvalue weighted by atomic mass is 10.1. The van der Waals surface area contributed by atoms with Crippen LogP contribution in [0.4, 0.5) is 10.5 Å². The number of carbonyl (C=O) groups excluding carboxylic acids is 1. The molecule has 0 saturated heterocycles. The number of urea groups is 1. The van der Waals surface area contributed by atoms with E-state index in [1.165, 1.54) is 0 Å². The third-order valence-electron chi connectivity index (χ3n) is 3.23. The van der Waals surface area contributed by atoms with Crippen LogP contribution in [0.15, 0.2) is 59.5 Å². The number of anilines is 1. The van der Waals surface area contributed by atoms with Gasteiger partial charge in [-0.2, -0.15) is 0 Å². The summed E-state index contributed by atoms with van der Waals surface area (Å²) in [6.45, 7) is 0. The van der Waals surface area contributed by atoms with Crippen LogP contribution in [-0.4, -0.2) is 29.4 Å². The van der Waals surface area contributed by atoms with E-state index in [0.29, 0.717) is 5.69 Å². The van der Waals surface area contributed by atoms with Crippen LogP contribution >= 0.6 is 11.8 Å². The topological polar surface area (TPSA) is 78.4 Å². The van der Waals surface area contributed by atoms with Crippen molar-refractivity contribution in [1.29, 1.82) is 0 Å². The second-order valence-electron chi connectivity index (χ2n) is 4.91. The number of carboxylic acid groups (broad SMARTS) is 1. The molecule has 2 aromatic rings. The summed E-state index contributed by atoms with van der Waals surface area (Å²) in [7, 11) is 0. The molecule has 0 aliphatic heterocycles. The molecule has 2 amide bonds. The lowest BCUT2D eigenvalue weighted by Gasteiger charge is -2.15. The largest absolute Gasteiger partial charge is 0.480 e. The standard InChI is InChI=1S/C17H18N2O3S/c1-23-14-9-7-13(8-10-14)18-17(22)19-15(16(20)21)11-12-5-3-2-4-6-12/h2-10,15H,11H2,1H3,(H,20,21)(H2,18,19,22)/t15-/m1/s1. The highest BCUT2D eigenvalue weighted by atomic mass is 32.2. The highest BCUT2D eigenvalue weighted by molar-refractivity contribution is 7.98. The number of carbonyl (C=O) groups is 2. The third-order valence-corrected chi connectivity index (χ3v) is 3.98. The first-order valence-corrected chi connectivity index (χ1v) is 8.29. The number of nitrogens with one attached hydrogen (secondary N) is 2. The molecule has 3 N–H and O–H groups in total. The van der Waals surface area contributed by atoms with E-state index in [2.05, 4.69) is 10.6 Å². The first-order valence-electron chi connectivity index (χ1n) is 7.07. The van der Waals surface area contributed by atoms with Gasteiger partial charge in [0.25, 0.3) is 0 Å². The second-order valence-corrected chi connectivity index (χ2v) is 5.79. The Morgan fingerprint density at radius 1 is 1.09 bits per heavy atom. The fraction of sp³-hybridized carbons (Fsp3) is 0.176. The summed E-state index contributed by atoms with van der Waals surface area (Å²) < 4.78 is 0. The van der Waals surface area contributed by atoms with Crippen LogP contribution in [0.2, 0.25) is 0 Å². The molecule has 0 saturated carbocycles. The van der Waals surface area contributed by atoms with Gasteiger partial charge in [0, 0.05) is 17.0 Å². The highest BCUT2D eigenvalue weighted by Gasteiger charge is 2.20. The molecule has 0 aliphatic carbocycles. The molecule has 1 atom stereocenters. The lowest BCUT2D eigenvalue weighted by Crippen LogP contribution is -2.44. The van der Waals surface area contributed by atoms with E-state index >= 15 is 0 Å². The third kappa shape index (κ3) is 5.34. The van der Waals surface area contributed by atoms with Crippen LogP contribution in [0.3, 0.4) is 0 Å². The molecule has 6 heteroatoms. The summed E-state index contributed by atoms with van der Waals surface area (Å²) in [4.78, 5) is 24.4. The van der Waals surface area contributed by atoms with Crippen LogP contribution in [0, 0.1) is 0 Å². The van der Waals surface area contributed by atoms with Gasteiger partial charge in [0.2, 0.25) is 0 Å². The number of hydrogen-bond acceptors (Lipinski definition) is 3. The molecule has 5 nitrogen and oxygen atoms in total. The predicted molar refractivity (Wildman–Crippen MR) is 91.9 cm³/mol. The van der Waals surface area contributed by atoms with Crippen molar-refractivity contribution in [2.75, 3.05) is 11.6 Å². The molecule has 2 aromatic carbocycles. The Balaban J connectivity index is 1.96. The van der Waals surface area contributed by atoms with Gasteiger partial charge in [0.1, 0.15) is 6.04 Å². The lowest BCUT2D eigenvalue weighted by molar-refractivity contribution is -0.139. The van der Waals surface area contributed by atoms with Crippen LogP contribution in [-0.2, 0) is 11.2 Å². The molecule has 0 heterocycles. The fourth-order valence-corrected chi connectivity index (χ4v) is 2.46. The fourth-order valence-electron chi connectivity index (χ4n) is 2.05. The number of carboxylic acids is 1. The van der Waals surface area contributed by atoms with Gasteiger partial charge >= 0.3 is 12.0 Å². The van der Waals surface area contributed by atoms with Crippen molar-refractivity contribution < 1.29 is 14.7 Å². The Morgan fingerprint density at radius 3 is 2.30 bits per heavy atom. The first-order chi connectivity index (χ1) is 11.1. The predicted octanol–water partition coefficient (Wildman–Crippen LogP) is 3.23. The summed E-state index contributed by atoms with van der Waals surface area (Å²) >= 11 is 1.61. The van der Waals surface area contributed by atoms with Gasteiger partial charge in [0.15, 0.2) is 0 Å².